The van der Waals surface area contributed by atoms with Gasteiger partial charge in [0.05, 0.1) is 25.3 Å². The lowest BCUT2D eigenvalue weighted by Gasteiger charge is -2.24. The van der Waals surface area contributed by atoms with Gasteiger partial charge in [0.2, 0.25) is 0 Å². The molecular formula is C14H28N2O4. The van der Waals surface area contributed by atoms with Crippen LogP contribution in [-0.4, -0.2) is 47.3 Å². The minimum atomic E-state index is -0.772. The molecule has 0 aliphatic heterocycles. The fraction of sp³-hybridized carbons (Fsp3) is 0.857. The number of rotatable bonds is 8. The zero-order chi connectivity index (χ0) is 15.7. The van der Waals surface area contributed by atoms with Gasteiger partial charge in [-0.15, -0.1) is 0 Å². The lowest BCUT2D eigenvalue weighted by Crippen LogP contribution is -2.52. The topological polar surface area (TPSA) is 98.7 Å². The molecule has 6 heteroatoms. The SMILES string of the molecule is CC[C@@H](C)[C@@H](CO)NC(=O)C(=O)N[C@H](CO)[C@@H](C)CC. The molecule has 0 bridgehead atoms. The van der Waals surface area contributed by atoms with Crippen LogP contribution < -0.4 is 10.6 Å². The second-order valence-corrected chi connectivity index (χ2v) is 5.30. The summed E-state index contributed by atoms with van der Waals surface area (Å²) in [4.78, 5) is 23.6. The van der Waals surface area contributed by atoms with Crippen molar-refractivity contribution >= 4 is 11.8 Å². The summed E-state index contributed by atoms with van der Waals surface area (Å²) in [6.07, 6.45) is 1.58. The molecule has 6 nitrogen and oxygen atoms in total. The Morgan fingerprint density at radius 3 is 1.35 bits per heavy atom. The van der Waals surface area contributed by atoms with E-state index >= 15 is 0 Å². The van der Waals surface area contributed by atoms with Crippen LogP contribution in [0.5, 0.6) is 0 Å². The van der Waals surface area contributed by atoms with Crippen molar-refractivity contribution in [2.45, 2.75) is 52.6 Å². The first-order chi connectivity index (χ1) is 9.40. The van der Waals surface area contributed by atoms with Gasteiger partial charge in [-0.05, 0) is 11.8 Å². The van der Waals surface area contributed by atoms with Crippen LogP contribution >= 0.6 is 0 Å². The van der Waals surface area contributed by atoms with Crippen LogP contribution in [0.25, 0.3) is 0 Å². The Hall–Kier alpha value is -1.14. The summed E-state index contributed by atoms with van der Waals surface area (Å²) in [6.45, 7) is 7.28. The third-order valence-electron chi connectivity index (χ3n) is 3.89. The van der Waals surface area contributed by atoms with Gasteiger partial charge < -0.3 is 20.8 Å². The van der Waals surface area contributed by atoms with Crippen molar-refractivity contribution in [3.63, 3.8) is 0 Å². The van der Waals surface area contributed by atoms with Crippen molar-refractivity contribution < 1.29 is 19.8 Å². The normalized spacial score (nSPS) is 16.9. The molecule has 0 heterocycles. The maximum atomic E-state index is 11.8. The number of hydrogen-bond acceptors (Lipinski definition) is 4. The smallest absolute Gasteiger partial charge is 0.309 e. The molecule has 0 aliphatic rings. The monoisotopic (exact) mass is 288 g/mol. The standard InChI is InChI=1S/C14H28N2O4/c1-5-9(3)11(7-17)15-13(19)14(20)16-12(8-18)10(4)6-2/h9-12,17-18H,5-8H2,1-4H3,(H,15,19)(H,16,20)/t9-,10+,11-,12-/m1/s1. The van der Waals surface area contributed by atoms with Gasteiger partial charge in [-0.2, -0.15) is 0 Å². The highest BCUT2D eigenvalue weighted by molar-refractivity contribution is 6.35. The van der Waals surface area contributed by atoms with E-state index in [-0.39, 0.29) is 25.0 Å². The number of nitrogens with one attached hydrogen (secondary N) is 2. The van der Waals surface area contributed by atoms with E-state index in [1.54, 1.807) is 0 Å². The molecule has 2 amide bonds. The van der Waals surface area contributed by atoms with Crippen LogP contribution in [0.15, 0.2) is 0 Å². The molecule has 20 heavy (non-hydrogen) atoms. The van der Waals surface area contributed by atoms with Gasteiger partial charge >= 0.3 is 11.8 Å². The maximum Gasteiger partial charge on any atom is 0.309 e. The van der Waals surface area contributed by atoms with E-state index in [9.17, 15) is 19.8 Å². The number of aliphatic hydroxyl groups excluding tert-OH is 2. The lowest BCUT2D eigenvalue weighted by atomic mass is 9.99. The number of carbonyl (C=O) groups excluding carboxylic acids is 2. The molecule has 0 fully saturated rings. The van der Waals surface area contributed by atoms with E-state index in [2.05, 4.69) is 10.6 Å². The molecule has 0 saturated heterocycles. The Balaban J connectivity index is 4.50. The molecule has 118 valence electrons. The van der Waals surface area contributed by atoms with Crippen LogP contribution in [0.3, 0.4) is 0 Å². The molecule has 0 aromatic heterocycles. The summed E-state index contributed by atoms with van der Waals surface area (Å²) in [5.74, 6) is -1.38. The van der Waals surface area contributed by atoms with E-state index < -0.39 is 23.9 Å². The molecule has 0 spiro atoms. The van der Waals surface area contributed by atoms with E-state index in [0.29, 0.717) is 0 Å². The third-order valence-corrected chi connectivity index (χ3v) is 3.89. The van der Waals surface area contributed by atoms with Crippen LogP contribution in [0.4, 0.5) is 0 Å². The van der Waals surface area contributed by atoms with E-state index in [4.69, 9.17) is 0 Å². The van der Waals surface area contributed by atoms with Crippen molar-refractivity contribution in [3.05, 3.63) is 0 Å². The van der Waals surface area contributed by atoms with Crippen molar-refractivity contribution in [2.75, 3.05) is 13.2 Å². The van der Waals surface area contributed by atoms with Gasteiger partial charge in [0.1, 0.15) is 0 Å². The first-order valence-corrected chi connectivity index (χ1v) is 7.24. The molecule has 0 rings (SSSR count). The molecule has 0 aliphatic carbocycles. The number of amides is 2. The van der Waals surface area contributed by atoms with Gasteiger partial charge in [0.15, 0.2) is 0 Å². The highest BCUT2D eigenvalue weighted by Crippen LogP contribution is 2.08. The predicted molar refractivity (Wildman–Crippen MR) is 76.9 cm³/mol. The van der Waals surface area contributed by atoms with Crippen molar-refractivity contribution in [2.24, 2.45) is 11.8 Å². The molecule has 0 saturated carbocycles. The summed E-state index contributed by atoms with van der Waals surface area (Å²) in [5.41, 5.74) is 0. The second-order valence-electron chi connectivity index (χ2n) is 5.30. The average Bonchev–Trinajstić information content (AvgIpc) is 2.47. The average molecular weight is 288 g/mol. The Kier molecular flexibility index (Phi) is 9.16. The third kappa shape index (κ3) is 5.88. The molecule has 0 aromatic carbocycles. The summed E-state index contributed by atoms with van der Waals surface area (Å²) in [5, 5.41) is 23.5. The minimum Gasteiger partial charge on any atom is -0.394 e. The van der Waals surface area contributed by atoms with Gasteiger partial charge in [0.25, 0.3) is 0 Å². The summed E-state index contributed by atoms with van der Waals surface area (Å²) < 4.78 is 0. The first kappa shape index (κ1) is 18.9. The van der Waals surface area contributed by atoms with Gasteiger partial charge in [-0.3, -0.25) is 9.59 Å². The van der Waals surface area contributed by atoms with Gasteiger partial charge in [-0.25, -0.2) is 0 Å². The molecule has 0 radical (unpaired) electrons. The summed E-state index contributed by atoms with van der Waals surface area (Å²) >= 11 is 0. The fourth-order valence-corrected chi connectivity index (χ4v) is 1.77. The molecule has 0 unspecified atom stereocenters. The molecule has 4 N–H and O–H groups in total. The lowest BCUT2D eigenvalue weighted by molar-refractivity contribution is -0.140. The van der Waals surface area contributed by atoms with E-state index in [1.807, 2.05) is 27.7 Å². The van der Waals surface area contributed by atoms with Crippen LogP contribution in [0.2, 0.25) is 0 Å². The Bertz CT molecular complexity index is 280. The summed E-state index contributed by atoms with van der Waals surface area (Å²) in [6, 6.07) is -0.871. The van der Waals surface area contributed by atoms with Crippen molar-refractivity contribution in [3.8, 4) is 0 Å². The molecule has 0 aromatic rings. The maximum absolute atomic E-state index is 11.8. The van der Waals surface area contributed by atoms with E-state index in [0.717, 1.165) is 12.8 Å². The van der Waals surface area contributed by atoms with Crippen LogP contribution in [0.1, 0.15) is 40.5 Å². The van der Waals surface area contributed by atoms with Crippen molar-refractivity contribution in [1.29, 1.82) is 0 Å². The van der Waals surface area contributed by atoms with Crippen LogP contribution in [-0.2, 0) is 9.59 Å². The Labute approximate surface area is 120 Å². The van der Waals surface area contributed by atoms with E-state index in [1.165, 1.54) is 0 Å². The Morgan fingerprint density at radius 2 is 1.15 bits per heavy atom. The largest absolute Gasteiger partial charge is 0.394 e. The van der Waals surface area contributed by atoms with Crippen LogP contribution in [0, 0.1) is 11.8 Å². The Morgan fingerprint density at radius 1 is 0.850 bits per heavy atom. The highest BCUT2D eigenvalue weighted by atomic mass is 16.3. The summed E-state index contributed by atoms with van der Waals surface area (Å²) in [7, 11) is 0. The number of aliphatic hydroxyl groups is 2. The van der Waals surface area contributed by atoms with Gasteiger partial charge in [-0.1, -0.05) is 40.5 Å². The highest BCUT2D eigenvalue weighted by Gasteiger charge is 2.25. The number of hydrogen-bond donors (Lipinski definition) is 4. The zero-order valence-corrected chi connectivity index (χ0v) is 12.8. The van der Waals surface area contributed by atoms with Gasteiger partial charge in [0, 0.05) is 0 Å². The minimum absolute atomic E-state index is 0.0833. The number of carbonyl (C=O) groups is 2. The van der Waals surface area contributed by atoms with Crippen molar-refractivity contribution in [1.82, 2.24) is 10.6 Å². The second kappa shape index (κ2) is 9.72. The predicted octanol–water partition coefficient (Wildman–Crippen LogP) is 0.0328. The quantitative estimate of drug-likeness (QED) is 0.474. The molecule has 4 atom stereocenters. The first-order valence-electron chi connectivity index (χ1n) is 7.24. The fourth-order valence-electron chi connectivity index (χ4n) is 1.77. The molecular weight excluding hydrogens is 260 g/mol. The zero-order valence-electron chi connectivity index (χ0n) is 12.8.